The van der Waals surface area contributed by atoms with Crippen LogP contribution in [0.5, 0.6) is 0 Å². The molecule has 66 valence electrons. The maximum absolute atomic E-state index is 11.8. The van der Waals surface area contributed by atoms with E-state index < -0.39 is 12.7 Å². The van der Waals surface area contributed by atoms with E-state index >= 15 is 0 Å². The summed E-state index contributed by atoms with van der Waals surface area (Å²) in [5.74, 6) is 0. The molecular formula is C7H7F3N2. The van der Waals surface area contributed by atoms with Gasteiger partial charge in [-0.2, -0.15) is 13.2 Å². The summed E-state index contributed by atoms with van der Waals surface area (Å²) in [6, 6.07) is 0. The van der Waals surface area contributed by atoms with E-state index in [4.69, 9.17) is 0 Å². The van der Waals surface area contributed by atoms with Gasteiger partial charge in [0.1, 0.15) is 6.54 Å². The largest absolute Gasteiger partial charge is 0.406 e. The summed E-state index contributed by atoms with van der Waals surface area (Å²) in [5, 5.41) is 0. The Morgan fingerprint density at radius 1 is 1.25 bits per heavy atom. The van der Waals surface area contributed by atoms with Crippen LogP contribution in [0.2, 0.25) is 0 Å². The highest BCUT2D eigenvalue weighted by molar-refractivity contribution is 5.58. The van der Waals surface area contributed by atoms with Crippen LogP contribution in [0.4, 0.5) is 13.2 Å². The number of rotatable bonds is 1. The van der Waals surface area contributed by atoms with Crippen molar-refractivity contribution < 1.29 is 13.2 Å². The lowest BCUT2D eigenvalue weighted by atomic mass is 10.5. The van der Waals surface area contributed by atoms with Crippen molar-refractivity contribution >= 4 is 6.34 Å². The zero-order valence-electron chi connectivity index (χ0n) is 6.12. The van der Waals surface area contributed by atoms with Gasteiger partial charge in [0.25, 0.3) is 0 Å². The van der Waals surface area contributed by atoms with E-state index in [2.05, 4.69) is 4.99 Å². The van der Waals surface area contributed by atoms with Crippen LogP contribution in [0.25, 0.3) is 0 Å². The van der Waals surface area contributed by atoms with Crippen LogP contribution in [-0.2, 0) is 0 Å². The molecule has 1 aliphatic rings. The molecule has 0 aromatic carbocycles. The van der Waals surface area contributed by atoms with E-state index in [1.807, 2.05) is 0 Å². The highest BCUT2D eigenvalue weighted by Crippen LogP contribution is 2.16. The van der Waals surface area contributed by atoms with Gasteiger partial charge < -0.3 is 4.90 Å². The number of aliphatic imine (C=N–C) groups is 1. The van der Waals surface area contributed by atoms with E-state index in [9.17, 15) is 13.2 Å². The first-order valence-corrected chi connectivity index (χ1v) is 3.27. The predicted molar refractivity (Wildman–Crippen MR) is 39.5 cm³/mol. The second kappa shape index (κ2) is 3.42. The van der Waals surface area contributed by atoms with Crippen LogP contribution in [-0.4, -0.2) is 24.0 Å². The Hall–Kier alpha value is -1.26. The number of halogens is 3. The SMILES string of the molecule is FC(F)(F)CN1C=CC=CN=C1. The monoisotopic (exact) mass is 176 g/mol. The molecule has 0 radical (unpaired) electrons. The molecule has 0 spiro atoms. The van der Waals surface area contributed by atoms with E-state index in [-0.39, 0.29) is 0 Å². The van der Waals surface area contributed by atoms with Crippen molar-refractivity contribution in [3.63, 3.8) is 0 Å². The van der Waals surface area contributed by atoms with Crippen LogP contribution in [0.15, 0.2) is 29.5 Å². The average Bonchev–Trinajstić information content (AvgIpc) is 2.12. The second-order valence-corrected chi connectivity index (χ2v) is 2.24. The van der Waals surface area contributed by atoms with Gasteiger partial charge in [-0.1, -0.05) is 0 Å². The Balaban J connectivity index is 2.54. The van der Waals surface area contributed by atoms with Gasteiger partial charge in [0.15, 0.2) is 0 Å². The highest BCUT2D eigenvalue weighted by Gasteiger charge is 2.29. The summed E-state index contributed by atoms with van der Waals surface area (Å²) < 4.78 is 35.4. The fraction of sp³-hybridized carbons (Fsp3) is 0.286. The first-order chi connectivity index (χ1) is 5.58. The van der Waals surface area contributed by atoms with Gasteiger partial charge in [-0.3, -0.25) is 0 Å². The minimum absolute atomic E-state index is 0.972. The molecule has 0 unspecified atom stereocenters. The molecule has 0 aliphatic carbocycles. The van der Waals surface area contributed by atoms with Crippen molar-refractivity contribution in [1.29, 1.82) is 0 Å². The fourth-order valence-corrected chi connectivity index (χ4v) is 0.723. The summed E-state index contributed by atoms with van der Waals surface area (Å²) in [5.41, 5.74) is 0. The third-order valence-corrected chi connectivity index (χ3v) is 1.14. The highest BCUT2D eigenvalue weighted by atomic mass is 19.4. The molecule has 0 N–H and O–H groups in total. The van der Waals surface area contributed by atoms with Gasteiger partial charge in [0.2, 0.25) is 0 Å². The van der Waals surface area contributed by atoms with Crippen molar-refractivity contribution in [2.24, 2.45) is 4.99 Å². The summed E-state index contributed by atoms with van der Waals surface area (Å²) in [7, 11) is 0. The third kappa shape index (κ3) is 3.23. The van der Waals surface area contributed by atoms with Crippen molar-refractivity contribution in [3.8, 4) is 0 Å². The van der Waals surface area contributed by atoms with E-state index in [1.54, 1.807) is 6.08 Å². The van der Waals surface area contributed by atoms with Crippen LogP contribution in [0.1, 0.15) is 0 Å². The molecule has 0 bridgehead atoms. The molecule has 0 saturated heterocycles. The molecule has 0 aromatic heterocycles. The van der Waals surface area contributed by atoms with E-state index in [0.29, 0.717) is 0 Å². The molecule has 0 atom stereocenters. The molecule has 12 heavy (non-hydrogen) atoms. The van der Waals surface area contributed by atoms with Crippen molar-refractivity contribution in [3.05, 3.63) is 24.6 Å². The minimum Gasteiger partial charge on any atom is -0.330 e. The zero-order chi connectivity index (χ0) is 9.03. The number of hydrogen-bond donors (Lipinski definition) is 0. The standard InChI is InChI=1S/C7H7F3N2/c8-7(9,10)5-12-4-2-1-3-11-6-12/h1-4,6H,5H2. The maximum atomic E-state index is 11.8. The molecule has 0 aromatic rings. The van der Waals surface area contributed by atoms with Gasteiger partial charge in [0, 0.05) is 12.4 Å². The van der Waals surface area contributed by atoms with Gasteiger partial charge >= 0.3 is 6.18 Å². The second-order valence-electron chi connectivity index (χ2n) is 2.24. The first-order valence-electron chi connectivity index (χ1n) is 3.27. The lowest BCUT2D eigenvalue weighted by Crippen LogP contribution is -2.28. The molecule has 5 heteroatoms. The smallest absolute Gasteiger partial charge is 0.330 e. The van der Waals surface area contributed by atoms with Crippen LogP contribution >= 0.6 is 0 Å². The van der Waals surface area contributed by atoms with Gasteiger partial charge in [-0.25, -0.2) is 4.99 Å². The van der Waals surface area contributed by atoms with Crippen LogP contribution < -0.4 is 0 Å². The zero-order valence-corrected chi connectivity index (χ0v) is 6.12. The molecule has 0 fully saturated rings. The van der Waals surface area contributed by atoms with E-state index in [1.165, 1.54) is 18.5 Å². The molecule has 1 rings (SSSR count). The molecule has 0 amide bonds. The Morgan fingerprint density at radius 2 is 2.00 bits per heavy atom. The maximum Gasteiger partial charge on any atom is 0.406 e. The molecule has 2 nitrogen and oxygen atoms in total. The molecular weight excluding hydrogens is 169 g/mol. The van der Waals surface area contributed by atoms with Crippen LogP contribution in [0, 0.1) is 0 Å². The summed E-state index contributed by atoms with van der Waals surface area (Å²) in [6.45, 7) is -1.01. The molecule has 1 aliphatic heterocycles. The topological polar surface area (TPSA) is 15.6 Å². The molecule has 0 saturated carbocycles. The summed E-state index contributed by atoms with van der Waals surface area (Å²) in [6.07, 6.45) is 2.74. The van der Waals surface area contributed by atoms with Crippen LogP contribution in [0.3, 0.4) is 0 Å². The Morgan fingerprint density at radius 3 is 2.67 bits per heavy atom. The number of alkyl halides is 3. The minimum atomic E-state index is -4.19. The predicted octanol–water partition coefficient (Wildman–Crippen LogP) is 1.92. The van der Waals surface area contributed by atoms with E-state index in [0.717, 1.165) is 11.2 Å². The average molecular weight is 176 g/mol. The molecule has 1 heterocycles. The number of hydrogen-bond acceptors (Lipinski definition) is 2. The first kappa shape index (κ1) is 8.83. The number of nitrogens with zero attached hydrogens (tertiary/aromatic N) is 2. The van der Waals surface area contributed by atoms with Crippen molar-refractivity contribution in [2.75, 3.05) is 6.54 Å². The Bertz CT molecular complexity index is 211. The van der Waals surface area contributed by atoms with Crippen molar-refractivity contribution in [1.82, 2.24) is 4.90 Å². The van der Waals surface area contributed by atoms with Crippen molar-refractivity contribution in [2.45, 2.75) is 6.18 Å². The third-order valence-electron chi connectivity index (χ3n) is 1.14. The summed E-state index contributed by atoms with van der Waals surface area (Å²) >= 11 is 0. The Kier molecular flexibility index (Phi) is 2.52. The summed E-state index contributed by atoms with van der Waals surface area (Å²) in [4.78, 5) is 4.57. The fourth-order valence-electron chi connectivity index (χ4n) is 0.723. The van der Waals surface area contributed by atoms with Gasteiger partial charge in [0.05, 0.1) is 6.34 Å². The van der Waals surface area contributed by atoms with Gasteiger partial charge in [-0.15, -0.1) is 0 Å². The lowest BCUT2D eigenvalue weighted by Gasteiger charge is -2.15. The van der Waals surface area contributed by atoms with Gasteiger partial charge in [-0.05, 0) is 12.2 Å². The quantitative estimate of drug-likeness (QED) is 0.596. The number of allylic oxidation sites excluding steroid dienone is 2. The normalized spacial score (nSPS) is 16.8. The lowest BCUT2D eigenvalue weighted by molar-refractivity contribution is -0.133. The Labute approximate surface area is 67.7 Å².